The van der Waals surface area contributed by atoms with Crippen LogP contribution in [-0.4, -0.2) is 17.3 Å². The molecule has 2 aromatic carbocycles. The second-order valence-electron chi connectivity index (χ2n) is 6.31. The molecule has 0 aliphatic heterocycles. The molecule has 3 rings (SSSR count). The molecule has 0 saturated carbocycles. The highest BCUT2D eigenvalue weighted by Crippen LogP contribution is 2.23. The first kappa shape index (κ1) is 20.4. The van der Waals surface area contributed by atoms with Crippen molar-refractivity contribution in [3.63, 3.8) is 0 Å². The zero-order valence-corrected chi connectivity index (χ0v) is 15.4. The van der Waals surface area contributed by atoms with Gasteiger partial charge < -0.3 is 14.5 Å². The molecule has 0 aliphatic carbocycles. The lowest BCUT2D eigenvalue weighted by atomic mass is 10.2. The van der Waals surface area contributed by atoms with Crippen molar-refractivity contribution in [2.45, 2.75) is 32.2 Å². The molecule has 152 valence electrons. The van der Waals surface area contributed by atoms with E-state index in [0.29, 0.717) is 30.1 Å². The number of aryl methyl sites for hydroxylation is 1. The standard InChI is InChI=1S/C21H19F3N2O3/c22-21(23,24)29-17-11-9-15(10-12-17)13-25-19(27)7-4-8-20-26-14-18(28-20)16-5-2-1-3-6-16/h1-3,5-6,9-12,14H,4,7-8,13H2,(H,25,27). The Hall–Kier alpha value is -3.29. The molecule has 0 bridgehead atoms. The topological polar surface area (TPSA) is 64.4 Å². The molecule has 0 saturated heterocycles. The number of benzene rings is 2. The predicted molar refractivity (Wildman–Crippen MR) is 99.8 cm³/mol. The minimum absolute atomic E-state index is 0.157. The summed E-state index contributed by atoms with van der Waals surface area (Å²) in [6, 6.07) is 15.0. The lowest BCUT2D eigenvalue weighted by Gasteiger charge is -2.09. The van der Waals surface area contributed by atoms with E-state index in [4.69, 9.17) is 4.42 Å². The molecule has 29 heavy (non-hydrogen) atoms. The number of carbonyl (C=O) groups excluding carboxylic acids is 1. The minimum Gasteiger partial charge on any atom is -0.441 e. The Morgan fingerprint density at radius 2 is 1.79 bits per heavy atom. The van der Waals surface area contributed by atoms with E-state index in [1.54, 1.807) is 6.20 Å². The van der Waals surface area contributed by atoms with E-state index in [-0.39, 0.29) is 24.6 Å². The van der Waals surface area contributed by atoms with Crippen LogP contribution in [0, 0.1) is 0 Å². The number of amides is 1. The number of carbonyl (C=O) groups is 1. The van der Waals surface area contributed by atoms with Crippen molar-refractivity contribution in [3.8, 4) is 17.1 Å². The quantitative estimate of drug-likeness (QED) is 0.581. The third kappa shape index (κ3) is 6.67. The monoisotopic (exact) mass is 404 g/mol. The van der Waals surface area contributed by atoms with Gasteiger partial charge in [-0.25, -0.2) is 4.98 Å². The second kappa shape index (κ2) is 9.27. The van der Waals surface area contributed by atoms with Gasteiger partial charge in [0.1, 0.15) is 5.75 Å². The van der Waals surface area contributed by atoms with E-state index in [1.807, 2.05) is 30.3 Å². The van der Waals surface area contributed by atoms with Gasteiger partial charge in [-0.15, -0.1) is 13.2 Å². The predicted octanol–water partition coefficient (Wildman–Crippen LogP) is 4.88. The first-order chi connectivity index (χ1) is 13.9. The number of hydrogen-bond acceptors (Lipinski definition) is 4. The maximum absolute atomic E-state index is 12.1. The Morgan fingerprint density at radius 3 is 2.48 bits per heavy atom. The number of nitrogens with one attached hydrogen (secondary N) is 1. The third-order valence-corrected chi connectivity index (χ3v) is 4.05. The van der Waals surface area contributed by atoms with Crippen LogP contribution in [-0.2, 0) is 17.8 Å². The van der Waals surface area contributed by atoms with Crippen molar-refractivity contribution < 1.29 is 27.1 Å². The minimum atomic E-state index is -4.72. The summed E-state index contributed by atoms with van der Waals surface area (Å²) in [5.41, 5.74) is 1.61. The van der Waals surface area contributed by atoms with Gasteiger partial charge in [0.2, 0.25) is 5.91 Å². The molecule has 1 amide bonds. The van der Waals surface area contributed by atoms with Crippen LogP contribution in [0.5, 0.6) is 5.75 Å². The summed E-state index contributed by atoms with van der Waals surface area (Å²) in [6.07, 6.45) is -1.67. The zero-order valence-electron chi connectivity index (χ0n) is 15.4. The van der Waals surface area contributed by atoms with Gasteiger partial charge in [-0.2, -0.15) is 0 Å². The summed E-state index contributed by atoms with van der Waals surface area (Å²) < 4.78 is 45.9. The van der Waals surface area contributed by atoms with Crippen molar-refractivity contribution in [2.24, 2.45) is 0 Å². The average Bonchev–Trinajstić information content (AvgIpc) is 3.16. The largest absolute Gasteiger partial charge is 0.573 e. The number of hydrogen-bond donors (Lipinski definition) is 1. The zero-order chi connectivity index (χ0) is 20.7. The first-order valence-electron chi connectivity index (χ1n) is 9.00. The Bertz CT molecular complexity index is 922. The van der Waals surface area contributed by atoms with Gasteiger partial charge in [0.25, 0.3) is 0 Å². The van der Waals surface area contributed by atoms with Crippen molar-refractivity contribution in [1.29, 1.82) is 0 Å². The Kier molecular flexibility index (Phi) is 6.54. The summed E-state index contributed by atoms with van der Waals surface area (Å²) in [5.74, 6) is 0.795. The van der Waals surface area contributed by atoms with Gasteiger partial charge in [-0.05, 0) is 24.1 Å². The van der Waals surface area contributed by atoms with Crippen molar-refractivity contribution in [2.75, 3.05) is 0 Å². The molecule has 0 atom stereocenters. The summed E-state index contributed by atoms with van der Waals surface area (Å²) >= 11 is 0. The molecular weight excluding hydrogens is 385 g/mol. The Morgan fingerprint density at radius 1 is 1.07 bits per heavy atom. The van der Waals surface area contributed by atoms with E-state index in [2.05, 4.69) is 15.0 Å². The smallest absolute Gasteiger partial charge is 0.441 e. The molecule has 0 fully saturated rings. The highest BCUT2D eigenvalue weighted by molar-refractivity contribution is 5.75. The number of rotatable bonds is 8. The fourth-order valence-electron chi connectivity index (χ4n) is 2.66. The summed E-state index contributed by atoms with van der Waals surface area (Å²) in [6.45, 7) is 0.224. The number of aromatic nitrogens is 1. The highest BCUT2D eigenvalue weighted by Gasteiger charge is 2.30. The van der Waals surface area contributed by atoms with Crippen LogP contribution in [0.1, 0.15) is 24.3 Å². The maximum atomic E-state index is 12.1. The molecular formula is C21H19F3N2O3. The van der Waals surface area contributed by atoms with Crippen LogP contribution < -0.4 is 10.1 Å². The lowest BCUT2D eigenvalue weighted by molar-refractivity contribution is -0.274. The van der Waals surface area contributed by atoms with E-state index >= 15 is 0 Å². The van der Waals surface area contributed by atoms with Gasteiger partial charge in [-0.1, -0.05) is 42.5 Å². The maximum Gasteiger partial charge on any atom is 0.573 e. The van der Waals surface area contributed by atoms with Crippen LogP contribution >= 0.6 is 0 Å². The molecule has 1 aromatic heterocycles. The highest BCUT2D eigenvalue weighted by atomic mass is 19.4. The molecule has 0 aliphatic rings. The van der Waals surface area contributed by atoms with Gasteiger partial charge >= 0.3 is 6.36 Å². The van der Waals surface area contributed by atoms with Crippen molar-refractivity contribution in [1.82, 2.24) is 10.3 Å². The summed E-state index contributed by atoms with van der Waals surface area (Å²) in [4.78, 5) is 16.2. The van der Waals surface area contributed by atoms with Crippen LogP contribution in [0.3, 0.4) is 0 Å². The van der Waals surface area contributed by atoms with E-state index in [1.165, 1.54) is 24.3 Å². The van der Waals surface area contributed by atoms with E-state index in [0.717, 1.165) is 5.56 Å². The third-order valence-electron chi connectivity index (χ3n) is 4.05. The molecule has 0 spiro atoms. The van der Waals surface area contributed by atoms with Gasteiger partial charge in [0, 0.05) is 24.9 Å². The molecule has 1 heterocycles. The molecule has 5 nitrogen and oxygen atoms in total. The summed E-state index contributed by atoms with van der Waals surface area (Å²) in [7, 11) is 0. The number of halogens is 3. The fraction of sp³-hybridized carbons (Fsp3) is 0.238. The number of alkyl halides is 3. The molecule has 0 radical (unpaired) electrons. The second-order valence-corrected chi connectivity index (χ2v) is 6.31. The molecule has 8 heteroatoms. The molecule has 1 N–H and O–H groups in total. The van der Waals surface area contributed by atoms with Gasteiger partial charge in [-0.3, -0.25) is 4.79 Å². The first-order valence-corrected chi connectivity index (χ1v) is 9.00. The van der Waals surface area contributed by atoms with Crippen LogP contribution in [0.2, 0.25) is 0 Å². The lowest BCUT2D eigenvalue weighted by Crippen LogP contribution is -2.22. The van der Waals surface area contributed by atoms with Crippen LogP contribution in [0.25, 0.3) is 11.3 Å². The number of oxazole rings is 1. The van der Waals surface area contributed by atoms with Crippen LogP contribution in [0.4, 0.5) is 13.2 Å². The molecule has 0 unspecified atom stereocenters. The molecule has 3 aromatic rings. The van der Waals surface area contributed by atoms with E-state index < -0.39 is 6.36 Å². The Balaban J connectivity index is 1.39. The Labute approximate surface area is 165 Å². The van der Waals surface area contributed by atoms with Gasteiger partial charge in [0.15, 0.2) is 11.7 Å². The number of ether oxygens (including phenoxy) is 1. The van der Waals surface area contributed by atoms with Gasteiger partial charge in [0.05, 0.1) is 6.20 Å². The number of nitrogens with zero attached hydrogens (tertiary/aromatic N) is 1. The van der Waals surface area contributed by atoms with Crippen molar-refractivity contribution >= 4 is 5.91 Å². The fourth-order valence-corrected chi connectivity index (χ4v) is 2.66. The summed E-state index contributed by atoms with van der Waals surface area (Å²) in [5, 5.41) is 2.73. The van der Waals surface area contributed by atoms with Crippen LogP contribution in [0.15, 0.2) is 65.2 Å². The van der Waals surface area contributed by atoms with Crippen molar-refractivity contribution in [3.05, 3.63) is 72.2 Å². The SMILES string of the molecule is O=C(CCCc1ncc(-c2ccccc2)o1)NCc1ccc(OC(F)(F)F)cc1. The normalized spacial score (nSPS) is 11.3. The van der Waals surface area contributed by atoms with E-state index in [9.17, 15) is 18.0 Å². The average molecular weight is 404 g/mol.